The molecule has 0 bridgehead atoms. The molecule has 1 N–H and O–H groups in total. The summed E-state index contributed by atoms with van der Waals surface area (Å²) in [5, 5.41) is 14.0. The third kappa shape index (κ3) is 5.25. The molecule has 0 spiro atoms. The Morgan fingerprint density at radius 2 is 2.29 bits per heavy atom. The summed E-state index contributed by atoms with van der Waals surface area (Å²) in [5.41, 5.74) is 0. The fourth-order valence-corrected chi connectivity index (χ4v) is 2.66. The molecule has 1 atom stereocenters. The lowest BCUT2D eigenvalue weighted by Gasteiger charge is -2.26. The molecule has 0 saturated carbocycles. The first-order chi connectivity index (χ1) is 10.3. The van der Waals surface area contributed by atoms with Crippen molar-refractivity contribution in [1.29, 1.82) is 0 Å². The van der Waals surface area contributed by atoms with Gasteiger partial charge >= 0.3 is 0 Å². The molecule has 2 heterocycles. The van der Waals surface area contributed by atoms with Crippen LogP contribution >= 0.6 is 11.8 Å². The largest absolute Gasteiger partial charge is 0.379 e. The molecule has 1 aromatic heterocycles. The van der Waals surface area contributed by atoms with E-state index in [1.54, 1.807) is 11.8 Å². The lowest BCUT2D eigenvalue weighted by atomic mass is 10.2. The van der Waals surface area contributed by atoms with E-state index in [4.69, 9.17) is 4.74 Å². The SMILES string of the molecule is CSCC[C@@H](C(=O)NCCN1CCOCC1)n1cnnn1. The smallest absolute Gasteiger partial charge is 0.245 e. The summed E-state index contributed by atoms with van der Waals surface area (Å²) >= 11 is 1.71. The molecule has 0 unspecified atom stereocenters. The van der Waals surface area contributed by atoms with Crippen molar-refractivity contribution in [3.8, 4) is 0 Å². The average Bonchev–Trinajstić information content (AvgIpc) is 3.03. The number of thioether (sulfide) groups is 1. The third-order valence-corrected chi connectivity index (χ3v) is 4.06. The summed E-state index contributed by atoms with van der Waals surface area (Å²) in [6.07, 6.45) is 4.23. The standard InChI is InChI=1S/C12H22N6O2S/c1-21-9-2-11(18-10-14-15-16-18)12(19)13-3-4-17-5-7-20-8-6-17/h10-11H,2-9H2,1H3,(H,13,19)/t11-/m0/s1. The number of ether oxygens (including phenoxy) is 1. The maximum Gasteiger partial charge on any atom is 0.245 e. The molecule has 9 heteroatoms. The van der Waals surface area contributed by atoms with Gasteiger partial charge in [-0.15, -0.1) is 5.10 Å². The van der Waals surface area contributed by atoms with Crippen molar-refractivity contribution in [2.45, 2.75) is 12.5 Å². The van der Waals surface area contributed by atoms with Gasteiger partial charge in [-0.1, -0.05) is 0 Å². The summed E-state index contributed by atoms with van der Waals surface area (Å²) in [6, 6.07) is -0.336. The van der Waals surface area contributed by atoms with Crippen LogP contribution in [0.25, 0.3) is 0 Å². The maximum atomic E-state index is 12.3. The van der Waals surface area contributed by atoms with Gasteiger partial charge in [-0.2, -0.15) is 11.8 Å². The van der Waals surface area contributed by atoms with Crippen LogP contribution < -0.4 is 5.32 Å². The van der Waals surface area contributed by atoms with Crippen molar-refractivity contribution in [2.75, 3.05) is 51.4 Å². The van der Waals surface area contributed by atoms with E-state index in [2.05, 4.69) is 25.7 Å². The Bertz CT molecular complexity index is 410. The summed E-state index contributed by atoms with van der Waals surface area (Å²) in [4.78, 5) is 14.6. The van der Waals surface area contributed by atoms with Crippen LogP contribution in [0.3, 0.4) is 0 Å². The molecule has 1 aliphatic rings. The molecule has 0 aromatic carbocycles. The average molecular weight is 314 g/mol. The summed E-state index contributed by atoms with van der Waals surface area (Å²) in [7, 11) is 0. The molecular formula is C12H22N6O2S. The fraction of sp³-hybridized carbons (Fsp3) is 0.833. The summed E-state index contributed by atoms with van der Waals surface area (Å²) in [6.45, 7) is 4.89. The first-order valence-electron chi connectivity index (χ1n) is 7.10. The van der Waals surface area contributed by atoms with Gasteiger partial charge in [0, 0.05) is 26.2 Å². The van der Waals surface area contributed by atoms with Gasteiger partial charge in [0.05, 0.1) is 13.2 Å². The van der Waals surface area contributed by atoms with Crippen LogP contribution in [0.5, 0.6) is 0 Å². The number of carbonyl (C=O) groups is 1. The van der Waals surface area contributed by atoms with Gasteiger partial charge in [0.1, 0.15) is 12.4 Å². The minimum absolute atomic E-state index is 0.0235. The third-order valence-electron chi connectivity index (χ3n) is 3.41. The minimum Gasteiger partial charge on any atom is -0.379 e. The molecule has 118 valence electrons. The van der Waals surface area contributed by atoms with E-state index in [1.807, 2.05) is 6.26 Å². The number of aromatic nitrogens is 4. The van der Waals surface area contributed by atoms with E-state index in [0.29, 0.717) is 6.54 Å². The van der Waals surface area contributed by atoms with E-state index in [0.717, 1.165) is 45.0 Å². The van der Waals surface area contributed by atoms with Crippen molar-refractivity contribution in [3.63, 3.8) is 0 Å². The Morgan fingerprint density at radius 3 is 2.95 bits per heavy atom. The van der Waals surface area contributed by atoms with E-state index >= 15 is 0 Å². The molecule has 1 amide bonds. The topological polar surface area (TPSA) is 85.2 Å². The lowest BCUT2D eigenvalue weighted by molar-refractivity contribution is -0.124. The minimum atomic E-state index is -0.336. The number of carbonyl (C=O) groups excluding carboxylic acids is 1. The van der Waals surface area contributed by atoms with Crippen LogP contribution in [-0.2, 0) is 9.53 Å². The molecule has 1 saturated heterocycles. The normalized spacial score (nSPS) is 17.6. The molecule has 1 fully saturated rings. The van der Waals surface area contributed by atoms with Gasteiger partial charge in [-0.25, -0.2) is 4.68 Å². The van der Waals surface area contributed by atoms with Gasteiger partial charge in [0.25, 0.3) is 0 Å². The summed E-state index contributed by atoms with van der Waals surface area (Å²) < 4.78 is 6.83. The lowest BCUT2D eigenvalue weighted by Crippen LogP contribution is -2.42. The van der Waals surface area contributed by atoms with Crippen LogP contribution in [0.1, 0.15) is 12.5 Å². The van der Waals surface area contributed by atoms with Crippen molar-refractivity contribution >= 4 is 17.7 Å². The number of nitrogens with zero attached hydrogens (tertiary/aromatic N) is 5. The summed E-state index contributed by atoms with van der Waals surface area (Å²) in [5.74, 6) is 0.867. The van der Waals surface area contributed by atoms with Crippen molar-refractivity contribution in [1.82, 2.24) is 30.4 Å². The van der Waals surface area contributed by atoms with Crippen LogP contribution in [0, 0.1) is 0 Å². The van der Waals surface area contributed by atoms with Gasteiger partial charge in [0.15, 0.2) is 0 Å². The van der Waals surface area contributed by atoms with Gasteiger partial charge < -0.3 is 10.1 Å². The molecule has 0 aliphatic carbocycles. The number of morpholine rings is 1. The van der Waals surface area contributed by atoms with Crippen LogP contribution in [0.2, 0.25) is 0 Å². The predicted molar refractivity (Wildman–Crippen MR) is 80.1 cm³/mol. The first kappa shape index (κ1) is 16.2. The van der Waals surface area contributed by atoms with Crippen molar-refractivity contribution in [2.24, 2.45) is 0 Å². The molecule has 2 rings (SSSR count). The predicted octanol–water partition coefficient (Wildman–Crippen LogP) is -0.584. The zero-order valence-electron chi connectivity index (χ0n) is 12.3. The first-order valence-corrected chi connectivity index (χ1v) is 8.50. The Labute approximate surface area is 128 Å². The van der Waals surface area contributed by atoms with Crippen LogP contribution in [0.4, 0.5) is 0 Å². The second kappa shape index (κ2) is 8.96. The number of rotatable bonds is 8. The zero-order valence-corrected chi connectivity index (χ0v) is 13.1. The number of tetrazole rings is 1. The maximum absolute atomic E-state index is 12.3. The van der Waals surface area contributed by atoms with Gasteiger partial charge in [-0.05, 0) is 28.9 Å². The number of amides is 1. The van der Waals surface area contributed by atoms with Crippen LogP contribution in [0.15, 0.2) is 6.33 Å². The Hall–Kier alpha value is -1.19. The highest BCUT2D eigenvalue weighted by Crippen LogP contribution is 2.12. The molecule has 21 heavy (non-hydrogen) atoms. The Morgan fingerprint density at radius 1 is 1.48 bits per heavy atom. The highest BCUT2D eigenvalue weighted by Gasteiger charge is 2.21. The second-order valence-corrected chi connectivity index (χ2v) is 5.82. The Balaban J connectivity index is 1.77. The van der Waals surface area contributed by atoms with Crippen molar-refractivity contribution < 1.29 is 9.53 Å². The van der Waals surface area contributed by atoms with E-state index < -0.39 is 0 Å². The molecule has 1 aromatic rings. The highest BCUT2D eigenvalue weighted by molar-refractivity contribution is 7.98. The highest BCUT2D eigenvalue weighted by atomic mass is 32.2. The Kier molecular flexibility index (Phi) is 6.90. The van der Waals surface area contributed by atoms with Crippen molar-refractivity contribution in [3.05, 3.63) is 6.33 Å². The molecule has 1 aliphatic heterocycles. The van der Waals surface area contributed by atoms with E-state index in [1.165, 1.54) is 11.0 Å². The zero-order chi connectivity index (χ0) is 14.9. The van der Waals surface area contributed by atoms with Gasteiger partial charge in [-0.3, -0.25) is 9.69 Å². The van der Waals surface area contributed by atoms with E-state index in [-0.39, 0.29) is 11.9 Å². The van der Waals surface area contributed by atoms with Gasteiger partial charge in [0.2, 0.25) is 5.91 Å². The molecule has 0 radical (unpaired) electrons. The van der Waals surface area contributed by atoms with Crippen LogP contribution in [-0.4, -0.2) is 82.4 Å². The number of hydrogen-bond acceptors (Lipinski definition) is 7. The molecular weight excluding hydrogens is 292 g/mol. The molecule has 8 nitrogen and oxygen atoms in total. The van der Waals surface area contributed by atoms with E-state index in [9.17, 15) is 4.79 Å². The quantitative estimate of drug-likeness (QED) is 0.687. The fourth-order valence-electron chi connectivity index (χ4n) is 2.20. The number of nitrogens with one attached hydrogen (secondary N) is 1. The monoisotopic (exact) mass is 314 g/mol. The number of hydrogen-bond donors (Lipinski definition) is 1. The second-order valence-electron chi connectivity index (χ2n) is 4.83.